The van der Waals surface area contributed by atoms with E-state index in [1.165, 1.54) is 0 Å². The van der Waals surface area contributed by atoms with Gasteiger partial charge in [0.05, 0.1) is 5.52 Å². The van der Waals surface area contributed by atoms with E-state index in [0.29, 0.717) is 18.7 Å². The fourth-order valence-electron chi connectivity index (χ4n) is 1.54. The fourth-order valence-corrected chi connectivity index (χ4v) is 1.91. The lowest BCUT2D eigenvalue weighted by atomic mass is 10.2. The number of nitrogens with one attached hydrogen (secondary N) is 1. The summed E-state index contributed by atoms with van der Waals surface area (Å²) in [4.78, 5) is 19.9. The number of amides is 1. The summed E-state index contributed by atoms with van der Waals surface area (Å²) in [7, 11) is 4.26. The molecule has 1 aromatic carbocycles. The number of aromatic nitrogens is 2. The monoisotopic (exact) mass is 403 g/mol. The number of halogens is 1. The number of carbonyl (C=O) groups excluding carboxylic acids is 2. The Morgan fingerprint density at radius 2 is 1.91 bits per heavy atom. The summed E-state index contributed by atoms with van der Waals surface area (Å²) in [5.74, 6) is 0.582. The highest BCUT2D eigenvalue weighted by molar-refractivity contribution is 9.10. The molecule has 0 saturated carbocycles. The van der Waals surface area contributed by atoms with Crippen molar-refractivity contribution in [1.29, 1.82) is 0 Å². The zero-order chi connectivity index (χ0) is 18.0. The Labute approximate surface area is 147 Å². The lowest BCUT2D eigenvalue weighted by molar-refractivity contribution is -0.138. The SMILES string of the molecule is CC(C)(C)OC=O.CP.Cn1nc(NC=O)c2cc(Br)ccc21. The van der Waals surface area contributed by atoms with E-state index < -0.39 is 0 Å². The van der Waals surface area contributed by atoms with Crippen LogP contribution >= 0.6 is 25.2 Å². The molecule has 23 heavy (non-hydrogen) atoms. The third-order valence-corrected chi connectivity index (χ3v) is 2.90. The Balaban J connectivity index is 0.000000460. The first-order chi connectivity index (χ1) is 10.8. The molecule has 0 fully saturated rings. The van der Waals surface area contributed by atoms with Gasteiger partial charge < -0.3 is 10.1 Å². The predicted octanol–water partition coefficient (Wildman–Crippen LogP) is 3.35. The second-order valence-corrected chi connectivity index (χ2v) is 6.14. The van der Waals surface area contributed by atoms with Gasteiger partial charge >= 0.3 is 0 Å². The van der Waals surface area contributed by atoms with E-state index in [1.54, 1.807) is 4.68 Å². The zero-order valence-corrected chi connectivity index (χ0v) is 16.7. The van der Waals surface area contributed by atoms with Gasteiger partial charge in [0.25, 0.3) is 6.47 Å². The molecule has 2 rings (SSSR count). The quantitative estimate of drug-likeness (QED) is 0.629. The second kappa shape index (κ2) is 10.3. The summed E-state index contributed by atoms with van der Waals surface area (Å²) < 4.78 is 7.24. The van der Waals surface area contributed by atoms with Gasteiger partial charge in [0.1, 0.15) is 5.60 Å². The van der Waals surface area contributed by atoms with Crippen LogP contribution in [0.25, 0.3) is 10.9 Å². The minimum Gasteiger partial charge on any atom is -0.462 e. The van der Waals surface area contributed by atoms with Crippen LogP contribution in [0.4, 0.5) is 5.82 Å². The molecule has 1 atom stereocenters. The van der Waals surface area contributed by atoms with Crippen LogP contribution in [0.15, 0.2) is 22.7 Å². The standard InChI is InChI=1S/C9H8BrN3O.C5H10O2.CH5P/c1-13-8-3-2-6(10)4-7(8)9(12-13)11-5-14;1-5(2,3)7-4-6;1-2/h2-5H,1H3,(H,11,12,14);4H,1-3H3;2H2,1H3. The minimum absolute atomic E-state index is 0.318. The number of nitrogens with zero attached hydrogens (tertiary/aromatic N) is 2. The summed E-state index contributed by atoms with van der Waals surface area (Å²) in [5.41, 5.74) is 0.666. The van der Waals surface area contributed by atoms with Crippen LogP contribution in [-0.2, 0) is 21.4 Å². The molecule has 128 valence electrons. The van der Waals surface area contributed by atoms with Crippen molar-refractivity contribution in [3.05, 3.63) is 22.7 Å². The number of hydrogen-bond donors (Lipinski definition) is 1. The summed E-state index contributed by atoms with van der Waals surface area (Å²) >= 11 is 3.37. The largest absolute Gasteiger partial charge is 0.462 e. The van der Waals surface area contributed by atoms with E-state index in [2.05, 4.69) is 40.3 Å². The molecule has 1 N–H and O–H groups in total. The van der Waals surface area contributed by atoms with E-state index >= 15 is 0 Å². The molecule has 1 aromatic heterocycles. The van der Waals surface area contributed by atoms with Crippen molar-refractivity contribution in [2.75, 3.05) is 12.0 Å². The molecule has 0 radical (unpaired) electrons. The number of fused-ring (bicyclic) bond motifs is 1. The van der Waals surface area contributed by atoms with Crippen LogP contribution < -0.4 is 5.32 Å². The third-order valence-electron chi connectivity index (χ3n) is 2.41. The van der Waals surface area contributed by atoms with Crippen molar-refractivity contribution < 1.29 is 14.3 Å². The molecule has 0 aliphatic heterocycles. The van der Waals surface area contributed by atoms with Crippen LogP contribution in [0, 0.1) is 0 Å². The topological polar surface area (TPSA) is 73.2 Å². The number of ether oxygens (including phenoxy) is 1. The lowest BCUT2D eigenvalue weighted by Gasteiger charge is -2.14. The van der Waals surface area contributed by atoms with Gasteiger partial charge in [-0.3, -0.25) is 14.3 Å². The molecule has 1 unspecified atom stereocenters. The van der Waals surface area contributed by atoms with Crippen LogP contribution in [-0.4, -0.2) is 34.9 Å². The number of anilines is 1. The summed E-state index contributed by atoms with van der Waals surface area (Å²) in [5, 5.41) is 7.66. The van der Waals surface area contributed by atoms with Crippen molar-refractivity contribution in [2.24, 2.45) is 7.05 Å². The van der Waals surface area contributed by atoms with E-state index in [1.807, 2.05) is 52.7 Å². The van der Waals surface area contributed by atoms with Gasteiger partial charge in [-0.25, -0.2) is 0 Å². The minimum atomic E-state index is -0.318. The number of rotatable bonds is 3. The van der Waals surface area contributed by atoms with Crippen molar-refractivity contribution in [3.63, 3.8) is 0 Å². The Hall–Kier alpha value is -1.46. The molecular weight excluding hydrogens is 381 g/mol. The maximum Gasteiger partial charge on any atom is 0.293 e. The maximum absolute atomic E-state index is 10.3. The van der Waals surface area contributed by atoms with E-state index in [-0.39, 0.29) is 5.60 Å². The van der Waals surface area contributed by atoms with Crippen LogP contribution in [0.5, 0.6) is 0 Å². The molecular formula is C15H23BrN3O3P. The molecule has 1 heterocycles. The summed E-state index contributed by atoms with van der Waals surface area (Å²) in [6, 6.07) is 5.81. The molecule has 0 bridgehead atoms. The molecule has 0 aliphatic carbocycles. The fraction of sp³-hybridized carbons (Fsp3) is 0.400. The Morgan fingerprint density at radius 3 is 2.35 bits per heavy atom. The smallest absolute Gasteiger partial charge is 0.293 e. The van der Waals surface area contributed by atoms with Gasteiger partial charge in [-0.2, -0.15) is 5.10 Å². The molecule has 0 saturated heterocycles. The first kappa shape index (κ1) is 21.5. The first-order valence-corrected chi connectivity index (χ1v) is 8.75. The highest BCUT2D eigenvalue weighted by Gasteiger charge is 2.08. The van der Waals surface area contributed by atoms with Crippen molar-refractivity contribution >= 4 is 54.8 Å². The van der Waals surface area contributed by atoms with Gasteiger partial charge in [0.15, 0.2) is 5.82 Å². The third kappa shape index (κ3) is 7.57. The maximum atomic E-state index is 10.3. The average Bonchev–Trinajstić information content (AvgIpc) is 2.77. The van der Waals surface area contributed by atoms with E-state index in [9.17, 15) is 9.59 Å². The van der Waals surface area contributed by atoms with Crippen molar-refractivity contribution in [1.82, 2.24) is 9.78 Å². The van der Waals surface area contributed by atoms with Gasteiger partial charge in [0.2, 0.25) is 6.41 Å². The molecule has 0 spiro atoms. The molecule has 0 aliphatic rings. The van der Waals surface area contributed by atoms with Gasteiger partial charge in [-0.1, -0.05) is 22.6 Å². The van der Waals surface area contributed by atoms with Gasteiger partial charge in [-0.15, -0.1) is 9.24 Å². The average molecular weight is 404 g/mol. The molecule has 2 aromatic rings. The number of carbonyl (C=O) groups is 2. The summed E-state index contributed by atoms with van der Waals surface area (Å²) in [6.07, 6.45) is 0.628. The van der Waals surface area contributed by atoms with Crippen molar-refractivity contribution in [2.45, 2.75) is 26.4 Å². The number of aryl methyl sites for hydroxylation is 1. The first-order valence-electron chi connectivity index (χ1n) is 6.80. The molecule has 8 heteroatoms. The van der Waals surface area contributed by atoms with E-state index in [0.717, 1.165) is 15.4 Å². The highest BCUT2D eigenvalue weighted by Crippen LogP contribution is 2.25. The van der Waals surface area contributed by atoms with Gasteiger partial charge in [-0.05, 0) is 39.0 Å². The molecule has 6 nitrogen and oxygen atoms in total. The Bertz CT molecular complexity index is 639. The lowest BCUT2D eigenvalue weighted by Crippen LogP contribution is -2.17. The zero-order valence-electron chi connectivity index (χ0n) is 14.0. The normalized spacial score (nSPS) is 9.87. The second-order valence-electron chi connectivity index (χ2n) is 5.22. The number of hydrogen-bond acceptors (Lipinski definition) is 4. The van der Waals surface area contributed by atoms with Crippen molar-refractivity contribution in [3.8, 4) is 0 Å². The van der Waals surface area contributed by atoms with Crippen LogP contribution in [0.3, 0.4) is 0 Å². The Morgan fingerprint density at radius 1 is 1.30 bits per heavy atom. The Kier molecular flexibility index (Phi) is 9.68. The summed E-state index contributed by atoms with van der Waals surface area (Å²) in [6.45, 7) is 7.84. The van der Waals surface area contributed by atoms with Crippen LogP contribution in [0.2, 0.25) is 0 Å². The van der Waals surface area contributed by atoms with Crippen LogP contribution in [0.1, 0.15) is 20.8 Å². The van der Waals surface area contributed by atoms with Gasteiger partial charge in [0, 0.05) is 16.9 Å². The number of benzene rings is 1. The van der Waals surface area contributed by atoms with E-state index in [4.69, 9.17) is 0 Å². The molecule has 1 amide bonds. The highest BCUT2D eigenvalue weighted by atomic mass is 79.9. The predicted molar refractivity (Wildman–Crippen MR) is 101 cm³/mol.